The Hall–Kier alpha value is -4.38. The Labute approximate surface area is 275 Å². The van der Waals surface area contributed by atoms with Crippen LogP contribution in [0.4, 0.5) is 5.69 Å². The number of ketones is 1. The summed E-state index contributed by atoms with van der Waals surface area (Å²) in [6.45, 7) is 4.39. The summed E-state index contributed by atoms with van der Waals surface area (Å²) >= 11 is 0. The summed E-state index contributed by atoms with van der Waals surface area (Å²) in [6, 6.07) is 28.8. The smallest absolute Gasteiger partial charge is 0.228 e. The zero-order valence-electron chi connectivity index (χ0n) is 26.9. The number of nitrogens with one attached hydrogen (secondary N) is 1. The molecule has 0 aliphatic carbocycles. The maximum Gasteiger partial charge on any atom is 0.228 e. The van der Waals surface area contributed by atoms with Crippen LogP contribution in [-0.4, -0.2) is 58.2 Å². The molecule has 1 aliphatic heterocycles. The van der Waals surface area contributed by atoms with Gasteiger partial charge in [-0.05, 0) is 60.5 Å². The van der Waals surface area contributed by atoms with Gasteiger partial charge >= 0.3 is 0 Å². The van der Waals surface area contributed by atoms with Gasteiger partial charge in [0.15, 0.2) is 12.1 Å². The highest BCUT2D eigenvalue weighted by atomic mass is 16.7. The van der Waals surface area contributed by atoms with Crippen molar-refractivity contribution in [2.24, 2.45) is 5.92 Å². The maximum absolute atomic E-state index is 12.8. The van der Waals surface area contributed by atoms with Crippen molar-refractivity contribution in [2.45, 2.75) is 51.5 Å². The standard InChI is InChI=1S/C38H42N2O7/c1-24-35(22-40(3)21-34(44)31-7-5-9-33(43)20-31)46-38(47-37(24)28-14-12-27(23-41)13-15-28)29-16-10-26(11-17-29)18-36(45)39-32-8-4-6-30(19-32)25(2)42/h4-17,19-20,24,34-35,37-38,41,43-44H,18,21-23H2,1-3H3,(H,39,45)/t24-,34+,35+,37+,38?/m0/s1. The van der Waals surface area contributed by atoms with Crippen molar-refractivity contribution in [3.63, 3.8) is 0 Å². The molecule has 5 rings (SSSR count). The first-order chi connectivity index (χ1) is 22.6. The molecule has 4 aromatic carbocycles. The molecule has 9 nitrogen and oxygen atoms in total. The number of nitrogens with zero attached hydrogens (tertiary/aromatic N) is 1. The Morgan fingerprint density at radius 3 is 2.26 bits per heavy atom. The highest BCUT2D eigenvalue weighted by Gasteiger charge is 2.39. The van der Waals surface area contributed by atoms with Gasteiger partial charge in [0, 0.05) is 35.8 Å². The van der Waals surface area contributed by atoms with Gasteiger partial charge in [-0.15, -0.1) is 0 Å². The minimum atomic E-state index is -0.789. The van der Waals surface area contributed by atoms with Gasteiger partial charge in [-0.25, -0.2) is 0 Å². The van der Waals surface area contributed by atoms with Crippen LogP contribution in [0.25, 0.3) is 0 Å². The van der Waals surface area contributed by atoms with Gasteiger partial charge in [-0.1, -0.05) is 79.7 Å². The van der Waals surface area contributed by atoms with Crippen molar-refractivity contribution in [3.05, 3.63) is 130 Å². The molecule has 4 N–H and O–H groups in total. The first kappa shape index (κ1) is 34.0. The van der Waals surface area contributed by atoms with Crippen LogP contribution in [0.5, 0.6) is 5.75 Å². The Bertz CT molecular complexity index is 1660. The van der Waals surface area contributed by atoms with Gasteiger partial charge in [0.1, 0.15) is 5.75 Å². The molecule has 0 aromatic heterocycles. The lowest BCUT2D eigenvalue weighted by molar-refractivity contribution is -0.276. The van der Waals surface area contributed by atoms with E-state index in [0.29, 0.717) is 29.9 Å². The third kappa shape index (κ3) is 8.91. The van der Waals surface area contributed by atoms with Crippen LogP contribution in [0.2, 0.25) is 0 Å². The molecule has 0 radical (unpaired) electrons. The molecule has 0 saturated carbocycles. The first-order valence-corrected chi connectivity index (χ1v) is 15.8. The molecule has 246 valence electrons. The molecule has 1 aliphatic rings. The lowest BCUT2D eigenvalue weighted by Gasteiger charge is -2.42. The number of hydrogen-bond acceptors (Lipinski definition) is 8. The predicted octanol–water partition coefficient (Wildman–Crippen LogP) is 5.73. The summed E-state index contributed by atoms with van der Waals surface area (Å²) in [5.74, 6) is -0.201. The number of aliphatic hydroxyl groups excluding tert-OH is 2. The van der Waals surface area contributed by atoms with E-state index < -0.39 is 12.4 Å². The number of phenols is 1. The van der Waals surface area contributed by atoms with Gasteiger partial charge in [0.25, 0.3) is 0 Å². The van der Waals surface area contributed by atoms with Crippen molar-refractivity contribution in [1.29, 1.82) is 0 Å². The molecular weight excluding hydrogens is 596 g/mol. The summed E-state index contributed by atoms with van der Waals surface area (Å²) in [5.41, 5.74) is 5.14. The fraction of sp³-hybridized carbons (Fsp3) is 0.316. The lowest BCUT2D eigenvalue weighted by Crippen LogP contribution is -2.44. The summed E-state index contributed by atoms with van der Waals surface area (Å²) in [6.07, 6.45) is -1.87. The predicted molar refractivity (Wildman–Crippen MR) is 179 cm³/mol. The van der Waals surface area contributed by atoms with Gasteiger partial charge in [-0.3, -0.25) is 9.59 Å². The zero-order chi connectivity index (χ0) is 33.5. The second-order valence-electron chi connectivity index (χ2n) is 12.3. The normalized spacial score (nSPS) is 20.1. The van der Waals surface area contributed by atoms with Crippen molar-refractivity contribution >= 4 is 17.4 Å². The van der Waals surface area contributed by atoms with Crippen LogP contribution in [0.3, 0.4) is 0 Å². The van der Waals surface area contributed by atoms with E-state index in [1.54, 1.807) is 48.5 Å². The van der Waals surface area contributed by atoms with E-state index in [9.17, 15) is 24.9 Å². The molecule has 9 heteroatoms. The molecule has 1 unspecified atom stereocenters. The third-order valence-corrected chi connectivity index (χ3v) is 8.52. The van der Waals surface area contributed by atoms with E-state index in [2.05, 4.69) is 12.2 Å². The van der Waals surface area contributed by atoms with Gasteiger partial charge in [-0.2, -0.15) is 0 Å². The molecule has 5 atom stereocenters. The van der Waals surface area contributed by atoms with Gasteiger partial charge in [0.2, 0.25) is 5.91 Å². The van der Waals surface area contributed by atoms with Crippen LogP contribution in [-0.2, 0) is 27.3 Å². The van der Waals surface area contributed by atoms with Crippen LogP contribution in [0.1, 0.15) is 70.5 Å². The first-order valence-electron chi connectivity index (χ1n) is 15.8. The monoisotopic (exact) mass is 638 g/mol. The zero-order valence-corrected chi connectivity index (χ0v) is 26.9. The van der Waals surface area contributed by atoms with Crippen molar-refractivity contribution in [1.82, 2.24) is 4.90 Å². The highest BCUT2D eigenvalue weighted by molar-refractivity contribution is 5.97. The Balaban J connectivity index is 1.29. The molecule has 1 amide bonds. The minimum absolute atomic E-state index is 0.0444. The lowest BCUT2D eigenvalue weighted by atomic mass is 9.90. The Morgan fingerprint density at radius 2 is 1.57 bits per heavy atom. The highest BCUT2D eigenvalue weighted by Crippen LogP contribution is 2.42. The van der Waals surface area contributed by atoms with Crippen LogP contribution >= 0.6 is 0 Å². The molecule has 0 bridgehead atoms. The fourth-order valence-electron chi connectivity index (χ4n) is 5.84. The van der Waals surface area contributed by atoms with Crippen molar-refractivity contribution in [3.8, 4) is 5.75 Å². The topological polar surface area (TPSA) is 129 Å². The quantitative estimate of drug-likeness (QED) is 0.145. The molecule has 0 spiro atoms. The number of likely N-dealkylation sites (N-methyl/N-ethyl adjacent to an activating group) is 1. The fourth-order valence-corrected chi connectivity index (χ4v) is 5.84. The maximum atomic E-state index is 12.8. The number of phenolic OH excluding ortho intramolecular Hbond substituents is 1. The van der Waals surface area contributed by atoms with Crippen molar-refractivity contribution in [2.75, 3.05) is 25.5 Å². The van der Waals surface area contributed by atoms with Crippen LogP contribution < -0.4 is 5.32 Å². The van der Waals surface area contributed by atoms with Gasteiger partial charge < -0.3 is 35.0 Å². The number of anilines is 1. The number of aromatic hydroxyl groups is 1. The number of amides is 1. The molecule has 47 heavy (non-hydrogen) atoms. The minimum Gasteiger partial charge on any atom is -0.508 e. The summed E-state index contributed by atoms with van der Waals surface area (Å²) < 4.78 is 13.1. The number of aliphatic hydroxyl groups is 2. The number of ether oxygens (including phenoxy) is 2. The number of Topliss-reactive ketones (excluding diaryl/α,β-unsaturated/α-hetero) is 1. The number of rotatable bonds is 12. The SMILES string of the molecule is CC(=O)c1cccc(NC(=O)Cc2ccc(C3O[C@H](CN(C)C[C@@H](O)c4cccc(O)c4)[C@H](C)[C@H](c4ccc(CO)cc4)O3)cc2)c1. The van der Waals surface area contributed by atoms with E-state index in [4.69, 9.17) is 9.47 Å². The largest absolute Gasteiger partial charge is 0.508 e. The molecule has 1 heterocycles. The van der Waals surface area contributed by atoms with E-state index in [0.717, 1.165) is 22.3 Å². The second-order valence-corrected chi connectivity index (χ2v) is 12.3. The Kier molecular flexibility index (Phi) is 11.2. The number of benzene rings is 4. The van der Waals surface area contributed by atoms with Gasteiger partial charge in [0.05, 0.1) is 31.3 Å². The number of carbonyl (C=O) groups is 2. The average molecular weight is 639 g/mol. The number of carbonyl (C=O) groups excluding carboxylic acids is 2. The van der Waals surface area contributed by atoms with Crippen LogP contribution in [0, 0.1) is 5.92 Å². The molecule has 4 aromatic rings. The van der Waals surface area contributed by atoms with E-state index in [1.807, 2.05) is 60.5 Å². The summed E-state index contributed by atoms with van der Waals surface area (Å²) in [4.78, 5) is 26.5. The van der Waals surface area contributed by atoms with Crippen LogP contribution in [0.15, 0.2) is 97.1 Å². The van der Waals surface area contributed by atoms with E-state index in [1.165, 1.54) is 6.92 Å². The summed E-state index contributed by atoms with van der Waals surface area (Å²) in [5, 5.41) is 33.1. The average Bonchev–Trinajstić information content (AvgIpc) is 3.06. The van der Waals surface area contributed by atoms with E-state index in [-0.39, 0.29) is 48.6 Å². The summed E-state index contributed by atoms with van der Waals surface area (Å²) in [7, 11) is 1.92. The second kappa shape index (κ2) is 15.5. The molecule has 1 fully saturated rings. The molecular formula is C38H42N2O7. The Morgan fingerprint density at radius 1 is 0.894 bits per heavy atom. The van der Waals surface area contributed by atoms with E-state index >= 15 is 0 Å². The molecule has 1 saturated heterocycles. The number of hydrogen-bond donors (Lipinski definition) is 4. The van der Waals surface area contributed by atoms with Crippen molar-refractivity contribution < 1.29 is 34.4 Å². The third-order valence-electron chi connectivity index (χ3n) is 8.52.